The molecule has 30 heavy (non-hydrogen) atoms. The van der Waals surface area contributed by atoms with Crippen LogP contribution in [0.1, 0.15) is 58.8 Å². The van der Waals surface area contributed by atoms with Gasteiger partial charge in [-0.2, -0.15) is 0 Å². The maximum Gasteiger partial charge on any atom is 0.193 e. The minimum atomic E-state index is -1.93. The normalized spacial score (nSPS) is 23.6. The molecule has 3 nitrogen and oxygen atoms in total. The predicted octanol–water partition coefficient (Wildman–Crippen LogP) is 7.40. The minimum absolute atomic E-state index is 0.0575. The monoisotopic (exact) mass is 448 g/mol. The first kappa shape index (κ1) is 25.5. The predicted molar refractivity (Wildman–Crippen MR) is 133 cm³/mol. The molecule has 0 N–H and O–H groups in total. The summed E-state index contributed by atoms with van der Waals surface area (Å²) in [5, 5.41) is 0.323. The lowest BCUT2D eigenvalue weighted by Crippen LogP contribution is -2.51. The van der Waals surface area contributed by atoms with Gasteiger partial charge in [-0.05, 0) is 48.8 Å². The number of benzene rings is 1. The first-order valence-corrected chi connectivity index (χ1v) is 17.1. The fraction of sp³-hybridized carbons (Fsp3) is 0.680. The standard InChI is InChI=1S/C25H44O3Si2/c1-19-12-14-20(15-13-19)21-16-17-22(28-30(10,11)25(5,6)7)23(27-21)18-26-29(8,9)24(2,3)4/h12-17,21-23H,18H2,1-11H3/t21-,22-,23+/m0/s1. The van der Waals surface area contributed by atoms with E-state index < -0.39 is 16.6 Å². The summed E-state index contributed by atoms with van der Waals surface area (Å²) in [6.07, 6.45) is 4.14. The second-order valence-corrected chi connectivity index (χ2v) is 21.4. The van der Waals surface area contributed by atoms with Gasteiger partial charge in [0.1, 0.15) is 12.2 Å². The van der Waals surface area contributed by atoms with E-state index >= 15 is 0 Å². The summed E-state index contributed by atoms with van der Waals surface area (Å²) in [6.45, 7) is 25.6. The summed E-state index contributed by atoms with van der Waals surface area (Å²) in [6, 6.07) is 8.61. The third kappa shape index (κ3) is 6.16. The van der Waals surface area contributed by atoms with Crippen molar-refractivity contribution in [2.24, 2.45) is 0 Å². The molecule has 0 spiro atoms. The molecular formula is C25H44O3Si2. The highest BCUT2D eigenvalue weighted by molar-refractivity contribution is 6.74. The maximum atomic E-state index is 6.77. The third-order valence-electron chi connectivity index (χ3n) is 7.22. The van der Waals surface area contributed by atoms with Crippen molar-refractivity contribution in [3.05, 3.63) is 47.5 Å². The van der Waals surface area contributed by atoms with Crippen LogP contribution in [0.2, 0.25) is 36.3 Å². The van der Waals surface area contributed by atoms with E-state index in [0.29, 0.717) is 6.61 Å². The van der Waals surface area contributed by atoms with Crippen molar-refractivity contribution in [3.63, 3.8) is 0 Å². The van der Waals surface area contributed by atoms with E-state index in [2.05, 4.69) is 111 Å². The van der Waals surface area contributed by atoms with Crippen LogP contribution in [-0.4, -0.2) is 35.4 Å². The van der Waals surface area contributed by atoms with Crippen molar-refractivity contribution in [2.75, 3.05) is 6.61 Å². The van der Waals surface area contributed by atoms with Crippen LogP contribution in [0.3, 0.4) is 0 Å². The molecule has 1 aromatic rings. The highest BCUT2D eigenvalue weighted by atomic mass is 28.4. The van der Waals surface area contributed by atoms with Gasteiger partial charge >= 0.3 is 0 Å². The molecule has 2 rings (SSSR count). The van der Waals surface area contributed by atoms with Crippen LogP contribution in [0.15, 0.2) is 36.4 Å². The lowest BCUT2D eigenvalue weighted by atomic mass is 10.0. The molecule has 0 aliphatic carbocycles. The molecule has 0 saturated carbocycles. The Bertz CT molecular complexity index is 724. The van der Waals surface area contributed by atoms with Crippen LogP contribution < -0.4 is 0 Å². The number of hydrogen-bond acceptors (Lipinski definition) is 3. The minimum Gasteiger partial charge on any atom is -0.414 e. The summed E-state index contributed by atoms with van der Waals surface area (Å²) in [5.74, 6) is 0. The first-order chi connectivity index (χ1) is 13.5. The van der Waals surface area contributed by atoms with Gasteiger partial charge in [-0.1, -0.05) is 83.5 Å². The summed E-state index contributed by atoms with van der Waals surface area (Å²) in [4.78, 5) is 0. The van der Waals surface area contributed by atoms with Crippen molar-refractivity contribution >= 4 is 16.6 Å². The Labute approximate surface area is 187 Å². The van der Waals surface area contributed by atoms with E-state index in [-0.39, 0.29) is 28.4 Å². The second-order valence-electron chi connectivity index (χ2n) is 11.8. The van der Waals surface area contributed by atoms with Crippen molar-refractivity contribution in [1.29, 1.82) is 0 Å². The lowest BCUT2D eigenvalue weighted by molar-refractivity contribution is -0.0739. The molecular weight excluding hydrogens is 404 g/mol. The molecule has 1 heterocycles. The van der Waals surface area contributed by atoms with Gasteiger partial charge < -0.3 is 13.6 Å². The Balaban J connectivity index is 2.26. The summed E-state index contributed by atoms with van der Waals surface area (Å²) < 4.78 is 20.0. The molecule has 0 radical (unpaired) electrons. The van der Waals surface area contributed by atoms with Gasteiger partial charge in [-0.25, -0.2) is 0 Å². The topological polar surface area (TPSA) is 27.7 Å². The summed E-state index contributed by atoms with van der Waals surface area (Å²) >= 11 is 0. The average Bonchev–Trinajstić information content (AvgIpc) is 2.59. The van der Waals surface area contributed by atoms with E-state index in [4.69, 9.17) is 13.6 Å². The van der Waals surface area contributed by atoms with Gasteiger partial charge in [0.25, 0.3) is 0 Å². The number of rotatable bonds is 6. The number of aryl methyl sites for hydroxylation is 1. The van der Waals surface area contributed by atoms with E-state index in [1.807, 2.05) is 0 Å². The second kappa shape index (κ2) is 9.03. The average molecular weight is 449 g/mol. The van der Waals surface area contributed by atoms with Crippen molar-refractivity contribution in [1.82, 2.24) is 0 Å². The fourth-order valence-electron chi connectivity index (χ4n) is 2.86. The zero-order chi connectivity index (χ0) is 23.0. The maximum absolute atomic E-state index is 6.77. The van der Waals surface area contributed by atoms with E-state index in [1.165, 1.54) is 11.1 Å². The Kier molecular flexibility index (Phi) is 7.68. The molecule has 1 aliphatic heterocycles. The molecule has 170 valence electrons. The number of hydrogen-bond donors (Lipinski definition) is 0. The fourth-order valence-corrected chi connectivity index (χ4v) is 5.14. The van der Waals surface area contributed by atoms with Crippen LogP contribution in [0.5, 0.6) is 0 Å². The summed E-state index contributed by atoms with van der Waals surface area (Å²) in [7, 11) is -3.80. The largest absolute Gasteiger partial charge is 0.414 e. The Morgan fingerprint density at radius 1 is 0.833 bits per heavy atom. The molecule has 0 saturated heterocycles. The summed E-state index contributed by atoms with van der Waals surface area (Å²) in [5.41, 5.74) is 2.44. The van der Waals surface area contributed by atoms with Crippen LogP contribution in [0, 0.1) is 6.92 Å². The quantitative estimate of drug-likeness (QED) is 0.335. The SMILES string of the molecule is Cc1ccc([C@@H]2C=C[C@H](O[Si](C)(C)C(C)(C)C)[C@@H](CO[Si](C)(C)C(C)(C)C)O2)cc1. The molecule has 0 aromatic heterocycles. The van der Waals surface area contributed by atoms with Gasteiger partial charge in [0, 0.05) is 0 Å². The van der Waals surface area contributed by atoms with Gasteiger partial charge in [0.2, 0.25) is 0 Å². The Morgan fingerprint density at radius 2 is 1.37 bits per heavy atom. The van der Waals surface area contributed by atoms with E-state index in [0.717, 1.165) is 0 Å². The molecule has 3 atom stereocenters. The third-order valence-corrected chi connectivity index (χ3v) is 16.2. The molecule has 1 aromatic carbocycles. The Hall–Kier alpha value is -0.726. The van der Waals surface area contributed by atoms with Gasteiger partial charge in [0.15, 0.2) is 16.6 Å². The molecule has 1 aliphatic rings. The molecule has 0 bridgehead atoms. The highest BCUT2D eigenvalue weighted by Crippen LogP contribution is 2.40. The van der Waals surface area contributed by atoms with E-state index in [1.54, 1.807) is 0 Å². The molecule has 0 amide bonds. The molecule has 5 heteroatoms. The van der Waals surface area contributed by atoms with Gasteiger partial charge in [0.05, 0.1) is 12.7 Å². The molecule has 0 unspecified atom stereocenters. The van der Waals surface area contributed by atoms with E-state index in [9.17, 15) is 0 Å². The van der Waals surface area contributed by atoms with Crippen LogP contribution in [-0.2, 0) is 13.6 Å². The van der Waals surface area contributed by atoms with Crippen molar-refractivity contribution < 1.29 is 13.6 Å². The highest BCUT2D eigenvalue weighted by Gasteiger charge is 2.43. The zero-order valence-electron chi connectivity index (χ0n) is 21.1. The first-order valence-electron chi connectivity index (χ1n) is 11.3. The number of ether oxygens (including phenoxy) is 1. The van der Waals surface area contributed by atoms with Gasteiger partial charge in [-0.3, -0.25) is 0 Å². The van der Waals surface area contributed by atoms with Crippen molar-refractivity contribution in [2.45, 2.75) is 103 Å². The Morgan fingerprint density at radius 3 is 1.87 bits per heavy atom. The molecule has 0 fully saturated rings. The lowest BCUT2D eigenvalue weighted by Gasteiger charge is -2.43. The van der Waals surface area contributed by atoms with Crippen LogP contribution >= 0.6 is 0 Å². The smallest absolute Gasteiger partial charge is 0.193 e. The van der Waals surface area contributed by atoms with Crippen LogP contribution in [0.4, 0.5) is 0 Å². The zero-order valence-corrected chi connectivity index (χ0v) is 23.1. The van der Waals surface area contributed by atoms with Gasteiger partial charge in [-0.15, -0.1) is 0 Å². The van der Waals surface area contributed by atoms with Crippen molar-refractivity contribution in [3.8, 4) is 0 Å². The van der Waals surface area contributed by atoms with Crippen LogP contribution in [0.25, 0.3) is 0 Å².